The Labute approximate surface area is 165 Å². The van der Waals surface area contributed by atoms with Gasteiger partial charge in [0.15, 0.2) is 15.5 Å². The van der Waals surface area contributed by atoms with Crippen LogP contribution in [0.2, 0.25) is 0 Å². The molecule has 3 unspecified atom stereocenters. The molecule has 0 bridgehead atoms. The summed E-state index contributed by atoms with van der Waals surface area (Å²) in [5.41, 5.74) is 0. The molecule has 0 saturated heterocycles. The van der Waals surface area contributed by atoms with Crippen LogP contribution in [0.1, 0.15) is 62.3 Å². The van der Waals surface area contributed by atoms with Crippen molar-refractivity contribution in [1.82, 2.24) is 0 Å². The van der Waals surface area contributed by atoms with E-state index in [9.17, 15) is 28.4 Å². The maximum Gasteiger partial charge on any atom is 3.00 e. The van der Waals surface area contributed by atoms with Crippen LogP contribution in [0.4, 0.5) is 0 Å². The van der Waals surface area contributed by atoms with Gasteiger partial charge in [-0.15, -0.1) is 0 Å². The van der Waals surface area contributed by atoms with Gasteiger partial charge in [-0.2, -0.15) is 0 Å². The van der Waals surface area contributed by atoms with E-state index in [2.05, 4.69) is 0 Å². The Morgan fingerprint density at radius 1 is 0.500 bits per heavy atom. The molecule has 0 saturated carbocycles. The topological polar surface area (TPSA) is 120 Å². The van der Waals surface area contributed by atoms with Gasteiger partial charge in [0.2, 0.25) is 0 Å². The molecular formula is C12H27LaO6P3+3. The van der Waals surface area contributed by atoms with Crippen molar-refractivity contribution < 1.29 is 64.0 Å². The summed E-state index contributed by atoms with van der Waals surface area (Å²) in [5, 5.41) is -1.64. The number of hydrogen-bond donors (Lipinski definition) is 0. The SMILES string of the molecule is CC(C)(C)[P+](=O)[O-].CC(C)(C)[P+](=O)[O-].CC(C)(C)[P+](=O)[O-].[La+3]. The summed E-state index contributed by atoms with van der Waals surface area (Å²) in [6.45, 7) is 15.0. The molecule has 0 aliphatic heterocycles. The predicted octanol–water partition coefficient (Wildman–Crippen LogP) is 2.66. The predicted molar refractivity (Wildman–Crippen MR) is 82.1 cm³/mol. The molecule has 0 N–H and O–H groups in total. The monoisotopic (exact) mass is 499 g/mol. The summed E-state index contributed by atoms with van der Waals surface area (Å²) in [6.07, 6.45) is 0. The summed E-state index contributed by atoms with van der Waals surface area (Å²) >= 11 is 0. The smallest absolute Gasteiger partial charge is 0.595 e. The quantitative estimate of drug-likeness (QED) is 0.473. The molecule has 0 spiro atoms. The van der Waals surface area contributed by atoms with Crippen LogP contribution in [0, 0.1) is 35.6 Å². The largest absolute Gasteiger partial charge is 3.00 e. The van der Waals surface area contributed by atoms with E-state index in [4.69, 9.17) is 0 Å². The molecule has 0 rings (SSSR count). The van der Waals surface area contributed by atoms with Gasteiger partial charge in [0.05, 0.1) is 0 Å². The molecule has 6 nitrogen and oxygen atoms in total. The Hall–Kier alpha value is 1.37. The van der Waals surface area contributed by atoms with E-state index in [0.29, 0.717) is 0 Å². The van der Waals surface area contributed by atoms with E-state index < -0.39 is 39.6 Å². The Bertz CT molecular complexity index is 309. The minimum absolute atomic E-state index is 0. The van der Waals surface area contributed by atoms with Gasteiger partial charge in [-0.3, -0.25) is 0 Å². The van der Waals surface area contributed by atoms with Crippen molar-refractivity contribution in [3.63, 3.8) is 0 Å². The van der Waals surface area contributed by atoms with Crippen LogP contribution in [-0.4, -0.2) is 15.5 Å². The Morgan fingerprint density at radius 2 is 0.545 bits per heavy atom. The molecule has 22 heavy (non-hydrogen) atoms. The van der Waals surface area contributed by atoms with Crippen LogP contribution in [0.3, 0.4) is 0 Å². The first kappa shape index (κ1) is 31.2. The van der Waals surface area contributed by atoms with E-state index in [1.165, 1.54) is 0 Å². The molecular weight excluding hydrogens is 472 g/mol. The molecule has 126 valence electrons. The summed E-state index contributed by atoms with van der Waals surface area (Å²) in [5.74, 6) is 0. The van der Waals surface area contributed by atoms with Gasteiger partial charge in [0, 0.05) is 0 Å². The first-order valence-corrected chi connectivity index (χ1v) is 9.80. The second kappa shape index (κ2) is 12.7. The fourth-order valence-electron chi connectivity index (χ4n) is 0. The van der Waals surface area contributed by atoms with Crippen molar-refractivity contribution in [2.75, 3.05) is 0 Å². The third kappa shape index (κ3) is 23.6. The number of rotatable bonds is 0. The van der Waals surface area contributed by atoms with Crippen molar-refractivity contribution >= 4 is 24.1 Å². The van der Waals surface area contributed by atoms with E-state index >= 15 is 0 Å². The fourth-order valence-corrected chi connectivity index (χ4v) is 0. The van der Waals surface area contributed by atoms with Crippen molar-refractivity contribution in [2.45, 2.75) is 77.8 Å². The van der Waals surface area contributed by atoms with Gasteiger partial charge in [0.25, 0.3) is 0 Å². The van der Waals surface area contributed by atoms with E-state index in [-0.39, 0.29) is 35.6 Å². The minimum Gasteiger partial charge on any atom is -0.595 e. The zero-order chi connectivity index (χ0) is 18.2. The first-order chi connectivity index (χ1) is 8.83. The summed E-state index contributed by atoms with van der Waals surface area (Å²) in [6, 6.07) is 0. The van der Waals surface area contributed by atoms with Gasteiger partial charge < -0.3 is 14.7 Å². The van der Waals surface area contributed by atoms with Gasteiger partial charge in [-0.25, -0.2) is 0 Å². The maximum atomic E-state index is 10.1. The zero-order valence-electron chi connectivity index (χ0n) is 14.9. The second-order valence-electron chi connectivity index (χ2n) is 7.28. The normalized spacial score (nSPS) is 13.4. The minimum atomic E-state index is -2.24. The van der Waals surface area contributed by atoms with Crippen molar-refractivity contribution in [2.24, 2.45) is 0 Å². The van der Waals surface area contributed by atoms with Gasteiger partial charge in [-0.1, -0.05) is 13.7 Å². The van der Waals surface area contributed by atoms with Crippen LogP contribution < -0.4 is 14.7 Å². The standard InChI is InChI=1S/3C4H9O2P.La/c3*1-4(2,3)7(5)6;/h3*1-3H3;/q;;;+3. The molecule has 0 fully saturated rings. The molecule has 0 aromatic carbocycles. The van der Waals surface area contributed by atoms with Gasteiger partial charge in [-0.05, 0) is 62.3 Å². The molecule has 0 aliphatic carbocycles. The summed E-state index contributed by atoms with van der Waals surface area (Å²) < 4.78 is 30.2. The fraction of sp³-hybridized carbons (Fsp3) is 1.00. The van der Waals surface area contributed by atoms with Gasteiger partial charge in [0.1, 0.15) is 0 Å². The van der Waals surface area contributed by atoms with Crippen LogP contribution in [-0.2, 0) is 13.7 Å². The Morgan fingerprint density at radius 3 is 0.545 bits per heavy atom. The molecule has 0 amide bonds. The van der Waals surface area contributed by atoms with Crippen LogP contribution in [0.25, 0.3) is 0 Å². The van der Waals surface area contributed by atoms with Crippen LogP contribution in [0.15, 0.2) is 0 Å². The molecule has 0 aliphatic rings. The van der Waals surface area contributed by atoms with Crippen LogP contribution in [0.5, 0.6) is 0 Å². The average Bonchev–Trinajstić information content (AvgIpc) is 2.14. The number of hydrogen-bond acceptors (Lipinski definition) is 6. The first-order valence-electron chi connectivity index (χ1n) is 6.27. The maximum absolute atomic E-state index is 10.1. The average molecular weight is 499 g/mol. The molecule has 3 atom stereocenters. The van der Waals surface area contributed by atoms with Crippen molar-refractivity contribution in [3.05, 3.63) is 0 Å². The Balaban J connectivity index is -0.000000108. The second-order valence-corrected chi connectivity index (χ2v) is 12.9. The Kier molecular flexibility index (Phi) is 18.0. The summed E-state index contributed by atoms with van der Waals surface area (Å²) in [4.78, 5) is 30.2. The molecule has 0 radical (unpaired) electrons. The van der Waals surface area contributed by atoms with E-state index in [1.807, 2.05) is 0 Å². The molecule has 10 heteroatoms. The van der Waals surface area contributed by atoms with Crippen LogP contribution >= 0.6 is 24.1 Å². The van der Waals surface area contributed by atoms with Gasteiger partial charge >= 0.3 is 59.7 Å². The summed E-state index contributed by atoms with van der Waals surface area (Å²) in [7, 11) is -6.72. The van der Waals surface area contributed by atoms with Crippen molar-refractivity contribution in [3.8, 4) is 0 Å². The zero-order valence-corrected chi connectivity index (χ0v) is 21.2. The third-order valence-corrected chi connectivity index (χ3v) is 4.93. The molecule has 0 aromatic rings. The third-order valence-electron chi connectivity index (χ3n) is 1.64. The van der Waals surface area contributed by atoms with Crippen molar-refractivity contribution in [1.29, 1.82) is 0 Å². The molecule has 0 heterocycles. The van der Waals surface area contributed by atoms with E-state index in [1.54, 1.807) is 62.3 Å². The van der Waals surface area contributed by atoms with E-state index in [0.717, 1.165) is 0 Å². The molecule has 0 aromatic heterocycles.